The Balaban J connectivity index is 2.03. The number of halogens is 3. The van der Waals surface area contributed by atoms with E-state index in [1.165, 1.54) is 0 Å². The first-order valence-corrected chi connectivity index (χ1v) is 6.27. The Morgan fingerprint density at radius 1 is 1.00 bits per heavy atom. The van der Waals surface area contributed by atoms with Crippen molar-refractivity contribution in [1.29, 1.82) is 0 Å². The van der Waals surface area contributed by atoms with E-state index >= 15 is 0 Å². The average Bonchev–Trinajstić information content (AvgIpc) is 2.36. The van der Waals surface area contributed by atoms with Gasteiger partial charge in [0.1, 0.15) is 0 Å². The van der Waals surface area contributed by atoms with Crippen LogP contribution in [0.3, 0.4) is 0 Å². The van der Waals surface area contributed by atoms with Gasteiger partial charge in [-0.2, -0.15) is 13.2 Å². The maximum atomic E-state index is 12.1. The first kappa shape index (κ1) is 13.9. The second-order valence-corrected chi connectivity index (χ2v) is 4.72. The van der Waals surface area contributed by atoms with Crippen LogP contribution in [0.5, 0.6) is 0 Å². The van der Waals surface area contributed by atoms with E-state index in [0.29, 0.717) is 6.42 Å². The minimum Gasteiger partial charge on any atom is -0.324 e. The van der Waals surface area contributed by atoms with Gasteiger partial charge >= 0.3 is 6.18 Å². The maximum Gasteiger partial charge on any atom is 0.389 e. The molecule has 1 unspecified atom stereocenters. The molecule has 1 atom stereocenters. The minimum atomic E-state index is -4.09. The molecule has 0 aliphatic heterocycles. The number of hydrogen-bond donors (Lipinski definition) is 1. The lowest BCUT2D eigenvalue weighted by Crippen LogP contribution is -2.13. The van der Waals surface area contributed by atoms with Gasteiger partial charge in [-0.15, -0.1) is 0 Å². The Kier molecular flexibility index (Phi) is 4.10. The summed E-state index contributed by atoms with van der Waals surface area (Å²) in [6.45, 7) is 0. The smallest absolute Gasteiger partial charge is 0.324 e. The summed E-state index contributed by atoms with van der Waals surface area (Å²) in [5, 5.41) is 2.17. The van der Waals surface area contributed by atoms with Gasteiger partial charge in [-0.1, -0.05) is 36.4 Å². The minimum absolute atomic E-state index is 0.0670. The van der Waals surface area contributed by atoms with Crippen LogP contribution < -0.4 is 5.73 Å². The predicted molar refractivity (Wildman–Crippen MR) is 70.8 cm³/mol. The lowest BCUT2D eigenvalue weighted by molar-refractivity contribution is -0.135. The average molecular weight is 267 g/mol. The fourth-order valence-corrected chi connectivity index (χ4v) is 2.13. The Bertz CT molecular complexity index is 548. The van der Waals surface area contributed by atoms with Gasteiger partial charge in [0, 0.05) is 12.5 Å². The molecule has 0 aliphatic rings. The Hall–Kier alpha value is -1.55. The standard InChI is InChI=1S/C15H16F3N/c16-15(17,18)9-3-6-14(19)13-8-7-11-4-1-2-5-12(11)10-13/h1-2,4-5,7-8,10,14H,3,6,9,19H2. The van der Waals surface area contributed by atoms with E-state index in [4.69, 9.17) is 5.73 Å². The summed E-state index contributed by atoms with van der Waals surface area (Å²) in [7, 11) is 0. The second-order valence-electron chi connectivity index (χ2n) is 4.72. The molecule has 1 nitrogen and oxygen atoms in total. The highest BCUT2D eigenvalue weighted by Crippen LogP contribution is 2.26. The molecule has 0 radical (unpaired) electrons. The largest absolute Gasteiger partial charge is 0.389 e. The number of fused-ring (bicyclic) bond motifs is 1. The van der Waals surface area contributed by atoms with E-state index in [-0.39, 0.29) is 12.5 Å². The van der Waals surface area contributed by atoms with Crippen molar-refractivity contribution in [1.82, 2.24) is 0 Å². The van der Waals surface area contributed by atoms with E-state index in [1.54, 1.807) is 0 Å². The van der Waals surface area contributed by atoms with E-state index < -0.39 is 12.6 Å². The second kappa shape index (κ2) is 5.61. The van der Waals surface area contributed by atoms with Crippen LogP contribution in [-0.4, -0.2) is 6.18 Å². The zero-order valence-electron chi connectivity index (χ0n) is 10.5. The molecule has 2 aromatic rings. The van der Waals surface area contributed by atoms with Crippen molar-refractivity contribution in [3.8, 4) is 0 Å². The van der Waals surface area contributed by atoms with Crippen molar-refractivity contribution in [2.24, 2.45) is 5.73 Å². The lowest BCUT2D eigenvalue weighted by Gasteiger charge is -2.13. The Morgan fingerprint density at radius 3 is 2.37 bits per heavy atom. The topological polar surface area (TPSA) is 26.0 Å². The van der Waals surface area contributed by atoms with Crippen LogP contribution in [0, 0.1) is 0 Å². The van der Waals surface area contributed by atoms with E-state index in [9.17, 15) is 13.2 Å². The van der Waals surface area contributed by atoms with Crippen molar-refractivity contribution < 1.29 is 13.2 Å². The van der Waals surface area contributed by atoms with Gasteiger partial charge < -0.3 is 5.73 Å². The highest BCUT2D eigenvalue weighted by Gasteiger charge is 2.26. The van der Waals surface area contributed by atoms with Crippen molar-refractivity contribution in [3.63, 3.8) is 0 Å². The van der Waals surface area contributed by atoms with Crippen molar-refractivity contribution in [3.05, 3.63) is 48.0 Å². The number of alkyl halides is 3. The molecule has 2 N–H and O–H groups in total. The molecule has 0 saturated carbocycles. The van der Waals surface area contributed by atoms with Gasteiger partial charge in [0.15, 0.2) is 0 Å². The summed E-state index contributed by atoms with van der Waals surface area (Å²) in [5.74, 6) is 0. The molecular formula is C15H16F3N. The molecule has 0 aliphatic carbocycles. The van der Waals surface area contributed by atoms with Gasteiger partial charge in [-0.25, -0.2) is 0 Å². The molecule has 102 valence electrons. The zero-order chi connectivity index (χ0) is 13.9. The number of rotatable bonds is 4. The molecule has 4 heteroatoms. The number of benzene rings is 2. The third-order valence-corrected chi connectivity index (χ3v) is 3.18. The van der Waals surface area contributed by atoms with Crippen LogP contribution in [0.25, 0.3) is 10.8 Å². The first-order valence-electron chi connectivity index (χ1n) is 6.27. The van der Waals surface area contributed by atoms with Gasteiger partial charge in [-0.3, -0.25) is 0 Å². The SMILES string of the molecule is NC(CCCC(F)(F)F)c1ccc2ccccc2c1. The monoisotopic (exact) mass is 267 g/mol. The predicted octanol–water partition coefficient (Wildman–Crippen LogP) is 4.57. The summed E-state index contributed by atoms with van der Waals surface area (Å²) in [4.78, 5) is 0. The number of nitrogens with two attached hydrogens (primary N) is 1. The van der Waals surface area contributed by atoms with Gasteiger partial charge in [0.25, 0.3) is 0 Å². The van der Waals surface area contributed by atoms with Crippen molar-refractivity contribution >= 4 is 10.8 Å². The first-order chi connectivity index (χ1) is 8.96. The fourth-order valence-electron chi connectivity index (χ4n) is 2.13. The van der Waals surface area contributed by atoms with Gasteiger partial charge in [0.2, 0.25) is 0 Å². The summed E-state index contributed by atoms with van der Waals surface area (Å²) >= 11 is 0. The lowest BCUT2D eigenvalue weighted by atomic mass is 9.98. The highest BCUT2D eigenvalue weighted by molar-refractivity contribution is 5.83. The van der Waals surface area contributed by atoms with Crippen molar-refractivity contribution in [2.45, 2.75) is 31.5 Å². The molecule has 0 saturated heterocycles. The molecule has 0 bridgehead atoms. The maximum absolute atomic E-state index is 12.1. The Labute approximate surface area is 110 Å². The van der Waals surface area contributed by atoms with Crippen LogP contribution in [0.2, 0.25) is 0 Å². The third-order valence-electron chi connectivity index (χ3n) is 3.18. The molecule has 2 rings (SSSR count). The van der Waals surface area contributed by atoms with Crippen LogP contribution in [0.1, 0.15) is 30.9 Å². The molecule has 0 spiro atoms. The van der Waals surface area contributed by atoms with Crippen LogP contribution >= 0.6 is 0 Å². The summed E-state index contributed by atoms with van der Waals surface area (Å²) in [5.41, 5.74) is 6.84. The molecule has 0 heterocycles. The van der Waals surface area contributed by atoms with E-state index in [2.05, 4.69) is 0 Å². The zero-order valence-corrected chi connectivity index (χ0v) is 10.5. The number of hydrogen-bond acceptors (Lipinski definition) is 1. The molecule has 19 heavy (non-hydrogen) atoms. The normalized spacial score (nSPS) is 13.7. The summed E-state index contributed by atoms with van der Waals surface area (Å²) in [6, 6.07) is 13.3. The fraction of sp³-hybridized carbons (Fsp3) is 0.333. The van der Waals surface area contributed by atoms with Crippen LogP contribution in [0.15, 0.2) is 42.5 Å². The molecule has 0 fully saturated rings. The summed E-state index contributed by atoms with van der Waals surface area (Å²) in [6.07, 6.45) is -4.45. The summed E-state index contributed by atoms with van der Waals surface area (Å²) < 4.78 is 36.2. The van der Waals surface area contributed by atoms with E-state index in [1.807, 2.05) is 42.5 Å². The van der Waals surface area contributed by atoms with Gasteiger partial charge in [0.05, 0.1) is 0 Å². The molecule has 0 aromatic heterocycles. The molecule has 0 amide bonds. The third kappa shape index (κ3) is 3.96. The molecule has 2 aromatic carbocycles. The molecular weight excluding hydrogens is 251 g/mol. The van der Waals surface area contributed by atoms with Crippen LogP contribution in [-0.2, 0) is 0 Å². The van der Waals surface area contributed by atoms with Gasteiger partial charge in [-0.05, 0) is 35.2 Å². The van der Waals surface area contributed by atoms with Crippen molar-refractivity contribution in [2.75, 3.05) is 0 Å². The highest BCUT2D eigenvalue weighted by atomic mass is 19.4. The Morgan fingerprint density at radius 2 is 1.68 bits per heavy atom. The van der Waals surface area contributed by atoms with E-state index in [0.717, 1.165) is 16.3 Å². The quantitative estimate of drug-likeness (QED) is 0.862. The van der Waals surface area contributed by atoms with Crippen LogP contribution in [0.4, 0.5) is 13.2 Å².